The minimum Gasteiger partial charge on any atom is -0.494 e. The first-order valence-electron chi connectivity index (χ1n) is 6.49. The van der Waals surface area contributed by atoms with Gasteiger partial charge in [-0.15, -0.1) is 0 Å². The number of hydrogen-bond donors (Lipinski definition) is 1. The molecule has 110 valence electrons. The first kappa shape index (κ1) is 15.1. The molecule has 5 nitrogen and oxygen atoms in total. The molecule has 0 saturated carbocycles. The van der Waals surface area contributed by atoms with Crippen molar-refractivity contribution in [3.05, 3.63) is 63.2 Å². The molecular formula is C15H15ClN2O3. The van der Waals surface area contributed by atoms with Crippen LogP contribution in [0.1, 0.15) is 12.5 Å². The molecule has 0 bridgehead atoms. The second-order valence-electron chi connectivity index (χ2n) is 4.34. The Bertz CT molecular complexity index is 629. The first-order chi connectivity index (χ1) is 10.1. The number of non-ortho nitro benzene ring substituents is 1. The number of nitro benzene ring substituents is 1. The topological polar surface area (TPSA) is 64.4 Å². The largest absolute Gasteiger partial charge is 0.494 e. The minimum absolute atomic E-state index is 0.0305. The molecule has 1 N–H and O–H groups in total. The van der Waals surface area contributed by atoms with Crippen molar-refractivity contribution in [2.24, 2.45) is 0 Å². The molecule has 21 heavy (non-hydrogen) atoms. The first-order valence-corrected chi connectivity index (χ1v) is 6.87. The zero-order valence-electron chi connectivity index (χ0n) is 11.5. The van der Waals surface area contributed by atoms with Gasteiger partial charge in [-0.05, 0) is 42.8 Å². The van der Waals surface area contributed by atoms with E-state index < -0.39 is 4.92 Å². The van der Waals surface area contributed by atoms with Gasteiger partial charge >= 0.3 is 0 Å². The van der Waals surface area contributed by atoms with Crippen molar-refractivity contribution < 1.29 is 9.66 Å². The van der Waals surface area contributed by atoms with Crippen LogP contribution < -0.4 is 10.1 Å². The van der Waals surface area contributed by atoms with Gasteiger partial charge in [-0.1, -0.05) is 11.6 Å². The lowest BCUT2D eigenvalue weighted by Crippen LogP contribution is -2.01. The Morgan fingerprint density at radius 3 is 2.57 bits per heavy atom. The van der Waals surface area contributed by atoms with E-state index in [-0.39, 0.29) is 5.69 Å². The van der Waals surface area contributed by atoms with Crippen LogP contribution in [0.4, 0.5) is 11.4 Å². The molecule has 2 aromatic carbocycles. The number of ether oxygens (including phenoxy) is 1. The lowest BCUT2D eigenvalue weighted by Gasteiger charge is -2.09. The molecule has 0 saturated heterocycles. The minimum atomic E-state index is -0.434. The zero-order valence-corrected chi connectivity index (χ0v) is 12.3. The SMILES string of the molecule is CCOc1ccc(NCc2cc([N+](=O)[O-])ccc2Cl)cc1. The quantitative estimate of drug-likeness (QED) is 0.640. The number of benzene rings is 2. The van der Waals surface area contributed by atoms with Crippen molar-refractivity contribution in [2.75, 3.05) is 11.9 Å². The average Bonchev–Trinajstić information content (AvgIpc) is 2.48. The highest BCUT2D eigenvalue weighted by Gasteiger charge is 2.09. The predicted molar refractivity (Wildman–Crippen MR) is 83.0 cm³/mol. The molecule has 0 aromatic heterocycles. The summed E-state index contributed by atoms with van der Waals surface area (Å²) in [5.74, 6) is 0.802. The fourth-order valence-electron chi connectivity index (χ4n) is 1.84. The van der Waals surface area contributed by atoms with Gasteiger partial charge in [0.05, 0.1) is 11.5 Å². The van der Waals surface area contributed by atoms with Gasteiger partial charge in [0.1, 0.15) is 5.75 Å². The maximum atomic E-state index is 10.8. The summed E-state index contributed by atoms with van der Waals surface area (Å²) in [6.45, 7) is 2.96. The van der Waals surface area contributed by atoms with Crippen LogP contribution in [0.5, 0.6) is 5.75 Å². The van der Waals surface area contributed by atoms with Gasteiger partial charge in [0.2, 0.25) is 0 Å². The van der Waals surface area contributed by atoms with Crippen LogP contribution in [-0.4, -0.2) is 11.5 Å². The molecule has 0 unspecified atom stereocenters. The van der Waals surface area contributed by atoms with Crippen molar-refractivity contribution in [1.82, 2.24) is 0 Å². The molecule has 0 atom stereocenters. The second kappa shape index (κ2) is 6.95. The molecule has 0 aliphatic carbocycles. The Morgan fingerprint density at radius 1 is 1.24 bits per heavy atom. The van der Waals surface area contributed by atoms with E-state index >= 15 is 0 Å². The zero-order chi connectivity index (χ0) is 15.2. The van der Waals surface area contributed by atoms with E-state index in [1.165, 1.54) is 18.2 Å². The number of hydrogen-bond acceptors (Lipinski definition) is 4. The van der Waals surface area contributed by atoms with Crippen molar-refractivity contribution in [3.63, 3.8) is 0 Å². The van der Waals surface area contributed by atoms with E-state index in [0.717, 1.165) is 11.4 Å². The summed E-state index contributed by atoms with van der Waals surface area (Å²) in [7, 11) is 0. The van der Waals surface area contributed by atoms with E-state index in [2.05, 4.69) is 5.32 Å². The lowest BCUT2D eigenvalue weighted by molar-refractivity contribution is -0.384. The molecule has 0 radical (unpaired) electrons. The van der Waals surface area contributed by atoms with Crippen molar-refractivity contribution >= 4 is 23.0 Å². The van der Waals surface area contributed by atoms with E-state index in [1.54, 1.807) is 0 Å². The summed E-state index contributed by atoms with van der Waals surface area (Å²) < 4.78 is 5.36. The van der Waals surface area contributed by atoms with Crippen LogP contribution in [0.25, 0.3) is 0 Å². The summed E-state index contributed by atoms with van der Waals surface area (Å²) in [5, 5.41) is 14.4. The lowest BCUT2D eigenvalue weighted by atomic mass is 10.2. The fourth-order valence-corrected chi connectivity index (χ4v) is 2.03. The van der Waals surface area contributed by atoms with E-state index in [4.69, 9.17) is 16.3 Å². The highest BCUT2D eigenvalue weighted by atomic mass is 35.5. The van der Waals surface area contributed by atoms with Gasteiger partial charge < -0.3 is 10.1 Å². The molecule has 0 heterocycles. The van der Waals surface area contributed by atoms with Crippen LogP contribution in [-0.2, 0) is 6.54 Å². The maximum absolute atomic E-state index is 10.8. The number of nitrogens with zero attached hydrogens (tertiary/aromatic N) is 1. The third kappa shape index (κ3) is 4.10. The van der Waals surface area contributed by atoms with Crippen LogP contribution in [0.15, 0.2) is 42.5 Å². The van der Waals surface area contributed by atoms with Crippen LogP contribution in [0.3, 0.4) is 0 Å². The number of anilines is 1. The van der Waals surface area contributed by atoms with Gasteiger partial charge in [-0.3, -0.25) is 10.1 Å². The smallest absolute Gasteiger partial charge is 0.269 e. The predicted octanol–water partition coefficient (Wildman–Crippen LogP) is 4.26. The molecule has 0 fully saturated rings. The van der Waals surface area contributed by atoms with Crippen LogP contribution in [0, 0.1) is 10.1 Å². The van der Waals surface area contributed by atoms with Crippen LogP contribution >= 0.6 is 11.6 Å². The molecule has 2 rings (SSSR count). The highest BCUT2D eigenvalue weighted by molar-refractivity contribution is 6.31. The second-order valence-corrected chi connectivity index (χ2v) is 4.75. The van der Waals surface area contributed by atoms with E-state index in [9.17, 15) is 10.1 Å². The van der Waals surface area contributed by atoms with Crippen molar-refractivity contribution in [1.29, 1.82) is 0 Å². The van der Waals surface area contributed by atoms with Gasteiger partial charge in [0.25, 0.3) is 5.69 Å². The Kier molecular flexibility index (Phi) is 5.00. The van der Waals surface area contributed by atoms with Crippen molar-refractivity contribution in [2.45, 2.75) is 13.5 Å². The van der Waals surface area contributed by atoms with Gasteiger partial charge in [0.15, 0.2) is 0 Å². The normalized spacial score (nSPS) is 10.2. The summed E-state index contributed by atoms with van der Waals surface area (Å²) >= 11 is 6.05. The van der Waals surface area contributed by atoms with E-state index in [1.807, 2.05) is 31.2 Å². The van der Waals surface area contributed by atoms with E-state index in [0.29, 0.717) is 23.7 Å². The third-order valence-corrected chi connectivity index (χ3v) is 3.26. The average molecular weight is 307 g/mol. The number of halogens is 1. The number of nitrogens with one attached hydrogen (secondary N) is 1. The molecule has 0 spiro atoms. The maximum Gasteiger partial charge on any atom is 0.269 e. The number of nitro groups is 1. The Balaban J connectivity index is 2.05. The molecule has 0 aliphatic rings. The van der Waals surface area contributed by atoms with Gasteiger partial charge in [0, 0.05) is 29.4 Å². The summed E-state index contributed by atoms with van der Waals surface area (Å²) in [4.78, 5) is 10.3. The Labute approximate surface area is 127 Å². The summed E-state index contributed by atoms with van der Waals surface area (Å²) in [6.07, 6.45) is 0. The van der Waals surface area contributed by atoms with Gasteiger partial charge in [-0.2, -0.15) is 0 Å². The molecule has 2 aromatic rings. The molecular weight excluding hydrogens is 292 g/mol. The monoisotopic (exact) mass is 306 g/mol. The third-order valence-electron chi connectivity index (χ3n) is 2.89. The van der Waals surface area contributed by atoms with Crippen LogP contribution in [0.2, 0.25) is 5.02 Å². The van der Waals surface area contributed by atoms with Crippen molar-refractivity contribution in [3.8, 4) is 5.75 Å². The summed E-state index contributed by atoms with van der Waals surface area (Å²) in [5.41, 5.74) is 1.60. The standard InChI is InChI=1S/C15H15ClN2O3/c1-2-21-14-6-3-12(4-7-14)17-10-11-9-13(18(19)20)5-8-15(11)16/h3-9,17H,2,10H2,1H3. The molecule has 0 amide bonds. The Morgan fingerprint density at radius 2 is 1.95 bits per heavy atom. The summed E-state index contributed by atoms with van der Waals surface area (Å²) in [6, 6.07) is 11.9. The molecule has 0 aliphatic heterocycles. The number of rotatable bonds is 6. The molecule has 6 heteroatoms. The fraction of sp³-hybridized carbons (Fsp3) is 0.200. The highest BCUT2D eigenvalue weighted by Crippen LogP contribution is 2.23. The van der Waals surface area contributed by atoms with Gasteiger partial charge in [-0.25, -0.2) is 0 Å². The Hall–Kier alpha value is -2.27.